The molecule has 0 saturated heterocycles. The number of hydrogen-bond donors (Lipinski definition) is 1. The Morgan fingerprint density at radius 1 is 1.47 bits per heavy atom. The van der Waals surface area contributed by atoms with E-state index in [1.807, 2.05) is 0 Å². The fraction of sp³-hybridized carbons (Fsp3) is 0.727. The molecule has 0 aliphatic carbocycles. The van der Waals surface area contributed by atoms with E-state index in [-0.39, 0.29) is 5.54 Å². The minimum Gasteiger partial charge on any atom is -0.384 e. The summed E-state index contributed by atoms with van der Waals surface area (Å²) in [5.74, 6) is 0. The zero-order valence-electron chi connectivity index (χ0n) is 9.75. The van der Waals surface area contributed by atoms with Gasteiger partial charge >= 0.3 is 0 Å². The Morgan fingerprint density at radius 3 is 2.67 bits per heavy atom. The van der Waals surface area contributed by atoms with Crippen molar-refractivity contribution in [1.82, 2.24) is 4.98 Å². The van der Waals surface area contributed by atoms with Crippen LogP contribution in [0.2, 0.25) is 0 Å². The predicted molar refractivity (Wildman–Crippen MR) is 64.1 cm³/mol. The van der Waals surface area contributed by atoms with Crippen LogP contribution in [0, 0.1) is 0 Å². The molecule has 0 saturated carbocycles. The second-order valence-electron chi connectivity index (χ2n) is 3.73. The fourth-order valence-corrected chi connectivity index (χ4v) is 2.34. The maximum Gasteiger partial charge on any atom is 0.0952 e. The first-order chi connectivity index (χ1) is 7.16. The molecule has 0 aliphatic rings. The van der Waals surface area contributed by atoms with Crippen LogP contribution in [-0.2, 0) is 16.7 Å². The highest BCUT2D eigenvalue weighted by atomic mass is 32.1. The van der Waals surface area contributed by atoms with Crippen molar-refractivity contribution in [1.29, 1.82) is 0 Å². The van der Waals surface area contributed by atoms with E-state index in [4.69, 9.17) is 10.5 Å². The van der Waals surface area contributed by atoms with E-state index in [1.165, 1.54) is 0 Å². The molecule has 4 heteroatoms. The highest BCUT2D eigenvalue weighted by Crippen LogP contribution is 2.26. The number of aromatic nitrogens is 1. The molecule has 86 valence electrons. The van der Waals surface area contributed by atoms with Gasteiger partial charge in [-0.1, -0.05) is 13.8 Å². The minimum atomic E-state index is -0.248. The van der Waals surface area contributed by atoms with Gasteiger partial charge < -0.3 is 10.5 Å². The number of hydrogen-bond acceptors (Lipinski definition) is 4. The number of nitrogens with zero attached hydrogens (tertiary/aromatic N) is 1. The van der Waals surface area contributed by atoms with Crippen molar-refractivity contribution in [2.24, 2.45) is 5.73 Å². The van der Waals surface area contributed by atoms with Crippen molar-refractivity contribution in [3.05, 3.63) is 16.1 Å². The molecule has 2 N–H and O–H groups in total. The summed E-state index contributed by atoms with van der Waals surface area (Å²) in [5, 5.41) is 3.20. The van der Waals surface area contributed by atoms with E-state index in [1.54, 1.807) is 18.4 Å². The van der Waals surface area contributed by atoms with Gasteiger partial charge in [-0.15, -0.1) is 11.3 Å². The molecule has 0 unspecified atom stereocenters. The van der Waals surface area contributed by atoms with E-state index in [2.05, 4.69) is 24.2 Å². The van der Waals surface area contributed by atoms with E-state index >= 15 is 0 Å². The van der Waals surface area contributed by atoms with E-state index in [0.717, 1.165) is 36.6 Å². The van der Waals surface area contributed by atoms with Crippen LogP contribution in [0.5, 0.6) is 0 Å². The summed E-state index contributed by atoms with van der Waals surface area (Å²) in [4.78, 5) is 4.58. The molecule has 0 fully saturated rings. The molecule has 0 aliphatic heterocycles. The normalized spacial score (nSPS) is 12.0. The summed E-state index contributed by atoms with van der Waals surface area (Å²) in [7, 11) is 1.71. The van der Waals surface area contributed by atoms with Gasteiger partial charge in [-0.05, 0) is 12.8 Å². The lowest BCUT2D eigenvalue weighted by molar-refractivity contribution is 0.202. The molecule has 0 radical (unpaired) electrons. The van der Waals surface area contributed by atoms with Crippen molar-refractivity contribution in [2.75, 3.05) is 13.7 Å². The van der Waals surface area contributed by atoms with E-state index < -0.39 is 0 Å². The van der Waals surface area contributed by atoms with Gasteiger partial charge in [0.15, 0.2) is 0 Å². The third-order valence-corrected chi connectivity index (χ3v) is 3.75. The van der Waals surface area contributed by atoms with Crippen LogP contribution >= 0.6 is 11.3 Å². The lowest BCUT2D eigenvalue weighted by atomic mass is 9.91. The number of methoxy groups -OCH3 is 1. The van der Waals surface area contributed by atoms with Gasteiger partial charge in [0.25, 0.3) is 0 Å². The Morgan fingerprint density at radius 2 is 2.13 bits per heavy atom. The van der Waals surface area contributed by atoms with Crippen molar-refractivity contribution < 1.29 is 4.74 Å². The molecule has 0 amide bonds. The maximum atomic E-state index is 6.27. The van der Waals surface area contributed by atoms with Crippen molar-refractivity contribution in [2.45, 2.75) is 38.6 Å². The quantitative estimate of drug-likeness (QED) is 0.812. The molecule has 0 atom stereocenters. The van der Waals surface area contributed by atoms with Crippen LogP contribution in [-0.4, -0.2) is 18.7 Å². The zero-order valence-corrected chi connectivity index (χ0v) is 10.6. The smallest absolute Gasteiger partial charge is 0.0952 e. The predicted octanol–water partition coefficient (Wildman–Crippen LogP) is 2.31. The van der Waals surface area contributed by atoms with Crippen LogP contribution in [0.15, 0.2) is 5.38 Å². The maximum absolute atomic E-state index is 6.27. The average Bonchev–Trinajstić information content (AvgIpc) is 2.74. The third kappa shape index (κ3) is 3.00. The Labute approximate surface area is 95.7 Å². The summed E-state index contributed by atoms with van der Waals surface area (Å²) in [6, 6.07) is 0. The van der Waals surface area contributed by atoms with Crippen LogP contribution < -0.4 is 5.73 Å². The fourth-order valence-electron chi connectivity index (χ4n) is 1.46. The molecule has 0 aromatic carbocycles. The molecule has 1 aromatic rings. The molecule has 15 heavy (non-hydrogen) atoms. The van der Waals surface area contributed by atoms with Gasteiger partial charge in [0.05, 0.1) is 22.8 Å². The molecule has 0 spiro atoms. The number of ether oxygens (including phenoxy) is 1. The second kappa shape index (κ2) is 5.58. The van der Waals surface area contributed by atoms with Gasteiger partial charge in [-0.3, -0.25) is 0 Å². The Balaban J connectivity index is 2.74. The molecule has 1 heterocycles. The van der Waals surface area contributed by atoms with Gasteiger partial charge in [0, 0.05) is 18.9 Å². The molecular weight excluding hydrogens is 208 g/mol. The highest BCUT2D eigenvalue weighted by molar-refractivity contribution is 7.09. The van der Waals surface area contributed by atoms with Crippen LogP contribution in [0.25, 0.3) is 0 Å². The first kappa shape index (κ1) is 12.6. The molecule has 1 rings (SSSR count). The van der Waals surface area contributed by atoms with Gasteiger partial charge in [0.1, 0.15) is 0 Å². The summed E-state index contributed by atoms with van der Waals surface area (Å²) in [5.41, 5.74) is 7.06. The molecule has 0 bridgehead atoms. The monoisotopic (exact) mass is 228 g/mol. The topological polar surface area (TPSA) is 48.1 Å². The lowest BCUT2D eigenvalue weighted by Gasteiger charge is -2.24. The molecular formula is C11H20N2OS. The van der Waals surface area contributed by atoms with Crippen LogP contribution in [0.4, 0.5) is 0 Å². The number of thiazole rings is 1. The first-order valence-electron chi connectivity index (χ1n) is 5.39. The third-order valence-electron chi connectivity index (χ3n) is 2.84. The first-order valence-corrected chi connectivity index (χ1v) is 6.27. The lowest BCUT2D eigenvalue weighted by Crippen LogP contribution is -2.35. The molecule has 3 nitrogen and oxygen atoms in total. The van der Waals surface area contributed by atoms with Crippen molar-refractivity contribution in [3.63, 3.8) is 0 Å². The van der Waals surface area contributed by atoms with Gasteiger partial charge in [-0.25, -0.2) is 4.98 Å². The summed E-state index contributed by atoms with van der Waals surface area (Å²) in [6.45, 7) is 4.94. The zero-order chi connectivity index (χ0) is 11.3. The average molecular weight is 228 g/mol. The van der Waals surface area contributed by atoms with Crippen LogP contribution in [0.1, 0.15) is 37.4 Å². The van der Waals surface area contributed by atoms with Crippen molar-refractivity contribution >= 4 is 11.3 Å². The highest BCUT2D eigenvalue weighted by Gasteiger charge is 2.25. The Bertz CT molecular complexity index is 295. The molecule has 1 aromatic heterocycles. The van der Waals surface area contributed by atoms with E-state index in [9.17, 15) is 0 Å². The summed E-state index contributed by atoms with van der Waals surface area (Å²) >= 11 is 1.68. The number of nitrogens with two attached hydrogens (primary N) is 1. The van der Waals surface area contributed by atoms with Gasteiger partial charge in [-0.2, -0.15) is 0 Å². The largest absolute Gasteiger partial charge is 0.384 e. The summed E-state index contributed by atoms with van der Waals surface area (Å²) < 4.78 is 5.03. The standard InChI is InChI=1S/C11H20N2OS/c1-4-11(12,5-2)9-8-15-10(13-9)6-7-14-3/h8H,4-7,12H2,1-3H3. The van der Waals surface area contributed by atoms with E-state index in [0.29, 0.717) is 0 Å². The number of rotatable bonds is 6. The Hall–Kier alpha value is -0.450. The SMILES string of the molecule is CCC(N)(CC)c1csc(CCOC)n1. The second-order valence-corrected chi connectivity index (χ2v) is 4.68. The minimum absolute atomic E-state index is 0.248. The van der Waals surface area contributed by atoms with Crippen molar-refractivity contribution in [3.8, 4) is 0 Å². The van der Waals surface area contributed by atoms with Gasteiger partial charge in [0.2, 0.25) is 0 Å². The Kier molecular flexibility index (Phi) is 4.70. The van der Waals surface area contributed by atoms with Crippen LogP contribution in [0.3, 0.4) is 0 Å². The summed E-state index contributed by atoms with van der Waals surface area (Å²) in [6.07, 6.45) is 2.73.